The molecule has 0 saturated carbocycles. The number of carbonyl (C=O) groups excluding carboxylic acids is 2. The van der Waals surface area contributed by atoms with Gasteiger partial charge in [0.1, 0.15) is 4.88 Å². The Morgan fingerprint density at radius 2 is 1.90 bits per heavy atom. The molecule has 1 aromatic heterocycles. The zero-order chi connectivity index (χ0) is 22.8. The fourth-order valence-corrected chi connectivity index (χ4v) is 4.40. The van der Waals surface area contributed by atoms with Crippen LogP contribution >= 0.6 is 11.3 Å². The normalized spacial score (nSPS) is 14.8. The first kappa shape index (κ1) is 22.7. The predicted molar refractivity (Wildman–Crippen MR) is 107 cm³/mol. The third-order valence-electron chi connectivity index (χ3n) is 4.88. The number of nitrogens with one attached hydrogen (secondary N) is 1. The summed E-state index contributed by atoms with van der Waals surface area (Å²) in [5.74, 6) is -1.70. The second-order valence-electron chi connectivity index (χ2n) is 7.14. The molecular formula is C20H19F3N2O5S. The summed E-state index contributed by atoms with van der Waals surface area (Å²) in [6, 6.07) is 3.73. The monoisotopic (exact) mass is 456 g/mol. The van der Waals surface area contributed by atoms with Crippen LogP contribution < -0.4 is 5.32 Å². The van der Waals surface area contributed by atoms with Gasteiger partial charge in [0, 0.05) is 17.0 Å². The number of non-ortho nitro benzene ring substituents is 1. The van der Waals surface area contributed by atoms with Gasteiger partial charge in [-0.2, -0.15) is 13.2 Å². The number of esters is 1. The number of benzene rings is 1. The summed E-state index contributed by atoms with van der Waals surface area (Å²) >= 11 is 1.31. The molecule has 3 rings (SSSR count). The number of nitro groups is 1. The van der Waals surface area contributed by atoms with Gasteiger partial charge >= 0.3 is 12.1 Å². The molecule has 7 nitrogen and oxygen atoms in total. The van der Waals surface area contributed by atoms with Crippen molar-refractivity contribution in [2.24, 2.45) is 0 Å². The van der Waals surface area contributed by atoms with Crippen molar-refractivity contribution in [3.05, 3.63) is 55.3 Å². The number of aryl methyl sites for hydroxylation is 2. The van der Waals surface area contributed by atoms with Gasteiger partial charge in [0.25, 0.3) is 11.6 Å². The van der Waals surface area contributed by atoms with Crippen LogP contribution in [0, 0.1) is 10.1 Å². The standard InChI is InChI=1S/C20H19F3N2O5S/c1-11(30-19(27)17-9-12-5-3-2-4-6-16(12)31-17)18(26)24-15-8-7-13(25(28)29)10-14(15)20(21,22)23/h7-11H,2-6H2,1H3,(H,24,26)/t11-/m1/s1. The minimum atomic E-state index is -4.93. The van der Waals surface area contributed by atoms with Crippen LogP contribution in [-0.2, 0) is 28.5 Å². The number of carbonyl (C=O) groups is 2. The van der Waals surface area contributed by atoms with Crippen LogP contribution in [0.15, 0.2) is 24.3 Å². The molecular weight excluding hydrogens is 437 g/mol. The highest BCUT2D eigenvalue weighted by molar-refractivity contribution is 7.14. The first-order valence-electron chi connectivity index (χ1n) is 9.55. The lowest BCUT2D eigenvalue weighted by Crippen LogP contribution is -2.30. The maximum Gasteiger partial charge on any atom is 0.418 e. The lowest BCUT2D eigenvalue weighted by Gasteiger charge is -2.16. The number of ether oxygens (including phenoxy) is 1. The number of nitro benzene ring substituents is 1. The van der Waals surface area contributed by atoms with Crippen molar-refractivity contribution in [2.45, 2.75) is 51.3 Å². The average Bonchev–Trinajstić information content (AvgIpc) is 2.98. The van der Waals surface area contributed by atoms with Crippen LogP contribution in [0.1, 0.15) is 51.9 Å². The fourth-order valence-electron chi connectivity index (χ4n) is 3.26. The van der Waals surface area contributed by atoms with Crippen molar-refractivity contribution in [1.29, 1.82) is 0 Å². The zero-order valence-corrected chi connectivity index (χ0v) is 17.3. The SMILES string of the molecule is C[C@@H](OC(=O)c1cc2c(s1)CCCCC2)C(=O)Nc1ccc([N+](=O)[O-])cc1C(F)(F)F. The van der Waals surface area contributed by atoms with Gasteiger partial charge in [-0.05, 0) is 50.3 Å². The van der Waals surface area contributed by atoms with E-state index in [1.54, 1.807) is 6.07 Å². The van der Waals surface area contributed by atoms with E-state index in [0.717, 1.165) is 54.7 Å². The van der Waals surface area contributed by atoms with Crippen molar-refractivity contribution in [2.75, 3.05) is 5.32 Å². The number of halogens is 3. The van der Waals surface area contributed by atoms with Gasteiger partial charge < -0.3 is 10.1 Å². The van der Waals surface area contributed by atoms with Crippen LogP contribution in [-0.4, -0.2) is 22.9 Å². The smallest absolute Gasteiger partial charge is 0.418 e. The quantitative estimate of drug-likeness (QED) is 0.291. The number of anilines is 1. The molecule has 1 N–H and O–H groups in total. The van der Waals surface area contributed by atoms with Gasteiger partial charge in [0.2, 0.25) is 0 Å². The van der Waals surface area contributed by atoms with Crippen molar-refractivity contribution < 1.29 is 32.4 Å². The van der Waals surface area contributed by atoms with Crippen LogP contribution in [0.25, 0.3) is 0 Å². The Kier molecular flexibility index (Phi) is 6.63. The molecule has 1 aromatic carbocycles. The molecule has 166 valence electrons. The number of rotatable bonds is 5. The third kappa shape index (κ3) is 5.40. The fraction of sp³-hybridized carbons (Fsp3) is 0.400. The molecule has 2 aromatic rings. The number of amides is 1. The van der Waals surface area contributed by atoms with E-state index in [0.29, 0.717) is 10.9 Å². The maximum absolute atomic E-state index is 13.3. The van der Waals surface area contributed by atoms with Crippen molar-refractivity contribution in [3.8, 4) is 0 Å². The van der Waals surface area contributed by atoms with Gasteiger partial charge in [-0.25, -0.2) is 4.79 Å². The Morgan fingerprint density at radius 3 is 2.58 bits per heavy atom. The topological polar surface area (TPSA) is 98.5 Å². The van der Waals surface area contributed by atoms with Crippen LogP contribution in [0.5, 0.6) is 0 Å². The number of hydrogen-bond donors (Lipinski definition) is 1. The van der Waals surface area contributed by atoms with Crippen molar-refractivity contribution in [1.82, 2.24) is 0 Å². The van der Waals surface area contributed by atoms with Crippen LogP contribution in [0.3, 0.4) is 0 Å². The maximum atomic E-state index is 13.3. The highest BCUT2D eigenvalue weighted by Crippen LogP contribution is 2.37. The molecule has 0 fully saturated rings. The van der Waals surface area contributed by atoms with Crippen molar-refractivity contribution in [3.63, 3.8) is 0 Å². The molecule has 1 amide bonds. The Bertz CT molecular complexity index is 995. The Balaban J connectivity index is 1.71. The summed E-state index contributed by atoms with van der Waals surface area (Å²) in [7, 11) is 0. The Labute approximate surface area is 179 Å². The third-order valence-corrected chi connectivity index (χ3v) is 6.10. The van der Waals surface area contributed by atoms with Crippen LogP contribution in [0.2, 0.25) is 0 Å². The number of fused-ring (bicyclic) bond motifs is 1. The molecule has 1 aliphatic rings. The van der Waals surface area contributed by atoms with E-state index in [4.69, 9.17) is 4.74 Å². The van der Waals surface area contributed by atoms with E-state index in [9.17, 15) is 32.9 Å². The molecule has 1 aliphatic carbocycles. The van der Waals surface area contributed by atoms with Gasteiger partial charge in [0.05, 0.1) is 16.2 Å². The minimum Gasteiger partial charge on any atom is -0.448 e. The Morgan fingerprint density at radius 1 is 1.19 bits per heavy atom. The van der Waals surface area contributed by atoms with E-state index < -0.39 is 46.0 Å². The average molecular weight is 456 g/mol. The number of thiophene rings is 1. The highest BCUT2D eigenvalue weighted by Gasteiger charge is 2.36. The molecule has 0 spiro atoms. The first-order valence-corrected chi connectivity index (χ1v) is 10.4. The minimum absolute atomic E-state index is 0.338. The molecule has 1 heterocycles. The summed E-state index contributed by atoms with van der Waals surface area (Å²) in [5.41, 5.74) is -1.70. The molecule has 0 saturated heterocycles. The highest BCUT2D eigenvalue weighted by atomic mass is 32.1. The van der Waals surface area contributed by atoms with Crippen molar-refractivity contribution >= 4 is 34.6 Å². The summed E-state index contributed by atoms with van der Waals surface area (Å²) in [6.45, 7) is 1.24. The zero-order valence-electron chi connectivity index (χ0n) is 16.5. The Hall–Kier alpha value is -2.95. The first-order chi connectivity index (χ1) is 14.6. The molecule has 0 bridgehead atoms. The van der Waals surface area contributed by atoms with E-state index >= 15 is 0 Å². The van der Waals surface area contributed by atoms with Gasteiger partial charge in [-0.3, -0.25) is 14.9 Å². The van der Waals surface area contributed by atoms with E-state index in [2.05, 4.69) is 0 Å². The largest absolute Gasteiger partial charge is 0.448 e. The lowest BCUT2D eigenvalue weighted by atomic mass is 10.1. The summed E-state index contributed by atoms with van der Waals surface area (Å²) in [5, 5.41) is 12.8. The molecule has 0 unspecified atom stereocenters. The van der Waals surface area contributed by atoms with Gasteiger partial charge in [0.15, 0.2) is 6.10 Å². The predicted octanol–water partition coefficient (Wildman–Crippen LogP) is 5.13. The van der Waals surface area contributed by atoms with E-state index in [1.165, 1.54) is 18.3 Å². The van der Waals surface area contributed by atoms with E-state index in [-0.39, 0.29) is 0 Å². The molecule has 0 radical (unpaired) electrons. The number of alkyl halides is 3. The van der Waals surface area contributed by atoms with Crippen LogP contribution in [0.4, 0.5) is 24.5 Å². The lowest BCUT2D eigenvalue weighted by molar-refractivity contribution is -0.385. The summed E-state index contributed by atoms with van der Waals surface area (Å²) in [4.78, 5) is 36.0. The second kappa shape index (κ2) is 9.04. The molecule has 0 aliphatic heterocycles. The molecule has 11 heteroatoms. The van der Waals surface area contributed by atoms with Gasteiger partial charge in [-0.15, -0.1) is 11.3 Å². The van der Waals surface area contributed by atoms with E-state index in [1.807, 2.05) is 5.32 Å². The number of nitrogens with zero attached hydrogens (tertiary/aromatic N) is 1. The summed E-state index contributed by atoms with van der Waals surface area (Å²) in [6.07, 6.45) is -1.35. The molecule has 1 atom stereocenters. The molecule has 31 heavy (non-hydrogen) atoms. The second-order valence-corrected chi connectivity index (χ2v) is 8.28. The summed E-state index contributed by atoms with van der Waals surface area (Å²) < 4.78 is 44.9. The van der Waals surface area contributed by atoms with Gasteiger partial charge in [-0.1, -0.05) is 6.42 Å². The number of hydrogen-bond acceptors (Lipinski definition) is 6.